The van der Waals surface area contributed by atoms with Gasteiger partial charge in [0, 0.05) is 24.3 Å². The third-order valence-corrected chi connectivity index (χ3v) is 3.86. The Labute approximate surface area is 133 Å². The molecule has 0 radical (unpaired) electrons. The van der Waals surface area contributed by atoms with Crippen molar-refractivity contribution in [3.05, 3.63) is 54.0 Å². The number of anilines is 1. The van der Waals surface area contributed by atoms with Gasteiger partial charge < -0.3 is 19.7 Å². The van der Waals surface area contributed by atoms with Crippen LogP contribution in [0.3, 0.4) is 0 Å². The van der Waals surface area contributed by atoms with Gasteiger partial charge in [0.1, 0.15) is 0 Å². The molecule has 6 heteroatoms. The lowest BCUT2D eigenvalue weighted by Crippen LogP contribution is -2.40. The van der Waals surface area contributed by atoms with Crippen molar-refractivity contribution in [2.24, 2.45) is 0 Å². The lowest BCUT2D eigenvalue weighted by Gasteiger charge is -2.29. The van der Waals surface area contributed by atoms with Gasteiger partial charge in [0.2, 0.25) is 0 Å². The Hall–Kier alpha value is -2.60. The van der Waals surface area contributed by atoms with E-state index >= 15 is 0 Å². The van der Waals surface area contributed by atoms with Crippen LogP contribution >= 0.6 is 0 Å². The maximum atomic E-state index is 12.5. The fraction of sp³-hybridized carbons (Fsp3) is 0.294. The van der Waals surface area contributed by atoms with E-state index in [0.29, 0.717) is 37.2 Å². The number of furan rings is 1. The predicted molar refractivity (Wildman–Crippen MR) is 84.2 cm³/mol. The summed E-state index contributed by atoms with van der Waals surface area (Å²) in [5.41, 5.74) is 1.05. The quantitative estimate of drug-likeness (QED) is 0.909. The number of aliphatic hydroxyl groups excluding tert-OH is 1. The second-order valence-corrected chi connectivity index (χ2v) is 5.54. The van der Waals surface area contributed by atoms with E-state index in [1.54, 1.807) is 41.3 Å². The van der Waals surface area contributed by atoms with E-state index in [4.69, 9.17) is 4.42 Å². The Bertz CT molecular complexity index is 688. The van der Waals surface area contributed by atoms with Gasteiger partial charge in [-0.15, -0.1) is 0 Å². The van der Waals surface area contributed by atoms with Gasteiger partial charge in [-0.05, 0) is 43.2 Å². The zero-order valence-corrected chi connectivity index (χ0v) is 12.6. The van der Waals surface area contributed by atoms with Crippen LogP contribution in [-0.4, -0.2) is 41.0 Å². The SMILES string of the molecule is O=C(Nc1cccc(C(=O)N2CCC(O)CC2)c1)c1ccco1. The van der Waals surface area contributed by atoms with Crippen molar-refractivity contribution < 1.29 is 19.1 Å². The molecule has 2 N–H and O–H groups in total. The van der Waals surface area contributed by atoms with Crippen molar-refractivity contribution in [3.8, 4) is 0 Å². The molecule has 1 fully saturated rings. The second kappa shape index (κ2) is 6.66. The number of amides is 2. The molecule has 6 nitrogen and oxygen atoms in total. The number of carbonyl (C=O) groups excluding carboxylic acids is 2. The normalized spacial score (nSPS) is 15.4. The van der Waals surface area contributed by atoms with Crippen molar-refractivity contribution in [2.45, 2.75) is 18.9 Å². The summed E-state index contributed by atoms with van der Waals surface area (Å²) in [7, 11) is 0. The molecule has 0 atom stereocenters. The standard InChI is InChI=1S/C17H18N2O4/c20-14-6-8-19(9-7-14)17(22)12-3-1-4-13(11-12)18-16(21)15-5-2-10-23-15/h1-5,10-11,14,20H,6-9H2,(H,18,21). The van der Waals surface area contributed by atoms with E-state index in [9.17, 15) is 14.7 Å². The molecule has 2 heterocycles. The lowest BCUT2D eigenvalue weighted by molar-refractivity contribution is 0.0546. The molecule has 0 unspecified atom stereocenters. The van der Waals surface area contributed by atoms with Crippen LogP contribution in [0.15, 0.2) is 47.1 Å². The minimum atomic E-state index is -0.360. The molecule has 1 aromatic heterocycles. The highest BCUT2D eigenvalue weighted by Crippen LogP contribution is 2.17. The first-order chi connectivity index (χ1) is 11.1. The molecule has 1 aliphatic heterocycles. The van der Waals surface area contributed by atoms with Crippen LogP contribution in [-0.2, 0) is 0 Å². The summed E-state index contributed by atoms with van der Waals surface area (Å²) in [5, 5.41) is 12.2. The number of likely N-dealkylation sites (tertiary alicyclic amines) is 1. The maximum Gasteiger partial charge on any atom is 0.291 e. The summed E-state index contributed by atoms with van der Waals surface area (Å²) in [6, 6.07) is 10.0. The van der Waals surface area contributed by atoms with Gasteiger partial charge in [-0.3, -0.25) is 9.59 Å². The monoisotopic (exact) mass is 314 g/mol. The Balaban J connectivity index is 1.69. The summed E-state index contributed by atoms with van der Waals surface area (Å²) in [4.78, 5) is 26.2. The van der Waals surface area contributed by atoms with E-state index in [1.165, 1.54) is 6.26 Å². The number of rotatable bonds is 3. The van der Waals surface area contributed by atoms with E-state index in [0.717, 1.165) is 0 Å². The molecule has 23 heavy (non-hydrogen) atoms. The Morgan fingerprint density at radius 2 is 1.96 bits per heavy atom. The highest BCUT2D eigenvalue weighted by atomic mass is 16.3. The van der Waals surface area contributed by atoms with Crippen LogP contribution in [0.4, 0.5) is 5.69 Å². The molecule has 3 rings (SSSR count). The van der Waals surface area contributed by atoms with Gasteiger partial charge in [0.05, 0.1) is 12.4 Å². The minimum absolute atomic E-state index is 0.0917. The summed E-state index contributed by atoms with van der Waals surface area (Å²) < 4.78 is 5.04. The number of aliphatic hydroxyl groups is 1. The van der Waals surface area contributed by atoms with Gasteiger partial charge in [0.15, 0.2) is 5.76 Å². The highest BCUT2D eigenvalue weighted by molar-refractivity contribution is 6.03. The first-order valence-electron chi connectivity index (χ1n) is 7.56. The molecule has 0 bridgehead atoms. The van der Waals surface area contributed by atoms with Gasteiger partial charge >= 0.3 is 0 Å². The first-order valence-corrected chi connectivity index (χ1v) is 7.56. The molecule has 0 spiro atoms. The Morgan fingerprint density at radius 3 is 2.65 bits per heavy atom. The number of hydrogen-bond donors (Lipinski definition) is 2. The Morgan fingerprint density at radius 1 is 1.17 bits per heavy atom. The third-order valence-electron chi connectivity index (χ3n) is 3.86. The zero-order chi connectivity index (χ0) is 16.2. The summed E-state index contributed by atoms with van der Waals surface area (Å²) in [6.07, 6.45) is 2.30. The smallest absolute Gasteiger partial charge is 0.291 e. The van der Waals surface area contributed by atoms with Crippen molar-refractivity contribution in [1.29, 1.82) is 0 Å². The number of carbonyl (C=O) groups is 2. The molecular formula is C17H18N2O4. The van der Waals surface area contributed by atoms with Gasteiger partial charge in [-0.25, -0.2) is 0 Å². The molecule has 2 aromatic rings. The average molecular weight is 314 g/mol. The molecule has 1 saturated heterocycles. The van der Waals surface area contributed by atoms with E-state index in [-0.39, 0.29) is 23.7 Å². The molecule has 0 saturated carbocycles. The van der Waals surface area contributed by atoms with Crippen molar-refractivity contribution >= 4 is 17.5 Å². The summed E-state index contributed by atoms with van der Waals surface area (Å²) in [5.74, 6) is -0.238. The molecule has 1 aromatic carbocycles. The molecule has 1 aliphatic rings. The van der Waals surface area contributed by atoms with Gasteiger partial charge in [0.25, 0.3) is 11.8 Å². The van der Waals surface area contributed by atoms with Crippen LogP contribution in [0.25, 0.3) is 0 Å². The molecular weight excluding hydrogens is 296 g/mol. The van der Waals surface area contributed by atoms with Crippen LogP contribution in [0.2, 0.25) is 0 Å². The minimum Gasteiger partial charge on any atom is -0.459 e. The largest absolute Gasteiger partial charge is 0.459 e. The maximum absolute atomic E-state index is 12.5. The third kappa shape index (κ3) is 3.60. The van der Waals surface area contributed by atoms with Crippen LogP contribution in [0, 0.1) is 0 Å². The number of benzene rings is 1. The van der Waals surface area contributed by atoms with Crippen molar-refractivity contribution in [3.63, 3.8) is 0 Å². The van der Waals surface area contributed by atoms with Crippen LogP contribution in [0.1, 0.15) is 33.8 Å². The number of nitrogens with one attached hydrogen (secondary N) is 1. The van der Waals surface area contributed by atoms with E-state index < -0.39 is 0 Å². The van der Waals surface area contributed by atoms with E-state index in [2.05, 4.69) is 5.32 Å². The molecule has 0 aliphatic carbocycles. The fourth-order valence-corrected chi connectivity index (χ4v) is 2.58. The van der Waals surface area contributed by atoms with Crippen molar-refractivity contribution in [1.82, 2.24) is 4.90 Å². The highest BCUT2D eigenvalue weighted by Gasteiger charge is 2.22. The van der Waals surface area contributed by atoms with Gasteiger partial charge in [-0.2, -0.15) is 0 Å². The fourth-order valence-electron chi connectivity index (χ4n) is 2.58. The second-order valence-electron chi connectivity index (χ2n) is 5.54. The van der Waals surface area contributed by atoms with Gasteiger partial charge in [-0.1, -0.05) is 6.07 Å². The number of hydrogen-bond acceptors (Lipinski definition) is 4. The van der Waals surface area contributed by atoms with Crippen molar-refractivity contribution in [2.75, 3.05) is 18.4 Å². The zero-order valence-electron chi connectivity index (χ0n) is 12.6. The summed E-state index contributed by atoms with van der Waals surface area (Å²) >= 11 is 0. The number of nitrogens with zero attached hydrogens (tertiary/aromatic N) is 1. The van der Waals surface area contributed by atoms with Crippen LogP contribution in [0.5, 0.6) is 0 Å². The number of piperidine rings is 1. The summed E-state index contributed by atoms with van der Waals surface area (Å²) in [6.45, 7) is 1.09. The Kier molecular flexibility index (Phi) is 4.43. The first kappa shape index (κ1) is 15.3. The molecule has 2 amide bonds. The van der Waals surface area contributed by atoms with E-state index in [1.807, 2.05) is 0 Å². The lowest BCUT2D eigenvalue weighted by atomic mass is 10.1. The topological polar surface area (TPSA) is 82.8 Å². The van der Waals surface area contributed by atoms with Crippen LogP contribution < -0.4 is 5.32 Å². The average Bonchev–Trinajstić information content (AvgIpc) is 3.10. The predicted octanol–water partition coefficient (Wildman–Crippen LogP) is 2.13. The molecule has 120 valence electrons.